The quantitative estimate of drug-likeness (QED) is 0.838. The van der Waals surface area contributed by atoms with Crippen molar-refractivity contribution >= 4 is 15.7 Å². The molecule has 0 unspecified atom stereocenters. The van der Waals surface area contributed by atoms with Crippen molar-refractivity contribution in [1.82, 2.24) is 9.97 Å². The van der Waals surface area contributed by atoms with Crippen LogP contribution in [-0.2, 0) is 9.84 Å². The summed E-state index contributed by atoms with van der Waals surface area (Å²) < 4.78 is 22.3. The fourth-order valence-corrected chi connectivity index (χ4v) is 1.89. The minimum atomic E-state index is -3.17. The fourth-order valence-electron chi connectivity index (χ4n) is 1.55. The first-order valence-corrected chi connectivity index (χ1v) is 8.13. The summed E-state index contributed by atoms with van der Waals surface area (Å²) in [7, 11) is -3.17. The highest BCUT2D eigenvalue weighted by Gasteiger charge is 2.30. The minimum absolute atomic E-state index is 0.212. The molecule has 1 aromatic rings. The lowest BCUT2D eigenvalue weighted by Crippen LogP contribution is -2.38. The molecule has 1 saturated carbocycles. The van der Waals surface area contributed by atoms with Crippen LogP contribution in [0.1, 0.15) is 38.4 Å². The van der Waals surface area contributed by atoms with Gasteiger partial charge >= 0.3 is 0 Å². The van der Waals surface area contributed by atoms with Gasteiger partial charge in [0.2, 0.25) is 0 Å². The largest absolute Gasteiger partial charge is 0.368 e. The molecule has 106 valence electrons. The van der Waals surface area contributed by atoms with Gasteiger partial charge in [-0.2, -0.15) is 0 Å². The van der Waals surface area contributed by atoms with Crippen molar-refractivity contribution in [3.8, 4) is 0 Å². The zero-order valence-electron chi connectivity index (χ0n) is 11.4. The second kappa shape index (κ2) is 4.63. The van der Waals surface area contributed by atoms with Crippen molar-refractivity contribution in [3.05, 3.63) is 22.2 Å². The number of rotatable bonds is 5. The van der Waals surface area contributed by atoms with E-state index in [1.165, 1.54) is 12.3 Å². The van der Waals surface area contributed by atoms with E-state index in [1.54, 1.807) is 13.8 Å². The highest BCUT2D eigenvalue weighted by Crippen LogP contribution is 2.37. The third-order valence-electron chi connectivity index (χ3n) is 3.42. The first-order valence-electron chi connectivity index (χ1n) is 6.24. The van der Waals surface area contributed by atoms with Crippen molar-refractivity contribution in [2.45, 2.75) is 37.4 Å². The standard InChI is InChI=1S/C12H19N3O3S/c1-12(2,19(3,17)18)7-13-9-6-10(16)15-11(14-9)8-4-5-8/h6,8H,4-5,7H2,1-3H3,(H2,13,14,15,16). The van der Waals surface area contributed by atoms with Crippen LogP contribution in [0.4, 0.5) is 5.82 Å². The molecular formula is C12H19N3O3S. The number of anilines is 1. The zero-order chi connectivity index (χ0) is 14.3. The first-order chi connectivity index (χ1) is 8.69. The number of nitrogens with one attached hydrogen (secondary N) is 2. The zero-order valence-corrected chi connectivity index (χ0v) is 12.2. The van der Waals surface area contributed by atoms with E-state index in [-0.39, 0.29) is 12.1 Å². The number of nitrogens with zero attached hydrogens (tertiary/aromatic N) is 1. The molecule has 0 radical (unpaired) electrons. The maximum atomic E-state index is 11.6. The Kier molecular flexibility index (Phi) is 3.42. The molecule has 0 aromatic carbocycles. The highest BCUT2D eigenvalue weighted by atomic mass is 32.2. The number of sulfone groups is 1. The Labute approximate surface area is 112 Å². The second-order valence-electron chi connectivity index (χ2n) is 5.68. The monoisotopic (exact) mass is 285 g/mol. The third kappa shape index (κ3) is 3.34. The topological polar surface area (TPSA) is 91.9 Å². The lowest BCUT2D eigenvalue weighted by molar-refractivity contribution is 0.559. The Morgan fingerprint density at radius 3 is 2.63 bits per heavy atom. The van der Waals surface area contributed by atoms with Gasteiger partial charge in [-0.25, -0.2) is 13.4 Å². The summed E-state index contributed by atoms with van der Waals surface area (Å²) in [5, 5.41) is 2.95. The van der Waals surface area contributed by atoms with Crippen LogP contribution < -0.4 is 10.9 Å². The molecule has 1 aliphatic carbocycles. The average molecular weight is 285 g/mol. The molecule has 1 aliphatic rings. The summed E-state index contributed by atoms with van der Waals surface area (Å²) >= 11 is 0. The Morgan fingerprint density at radius 1 is 1.47 bits per heavy atom. The summed E-state index contributed by atoms with van der Waals surface area (Å²) in [6.07, 6.45) is 3.29. The molecule has 0 atom stereocenters. The lowest BCUT2D eigenvalue weighted by Gasteiger charge is -2.23. The number of hydrogen-bond donors (Lipinski definition) is 2. The van der Waals surface area contributed by atoms with Crippen molar-refractivity contribution in [2.24, 2.45) is 0 Å². The predicted molar refractivity (Wildman–Crippen MR) is 74.2 cm³/mol. The average Bonchev–Trinajstić information content (AvgIpc) is 3.08. The predicted octanol–water partition coefficient (Wildman–Crippen LogP) is 0.882. The lowest BCUT2D eigenvalue weighted by atomic mass is 10.2. The highest BCUT2D eigenvalue weighted by molar-refractivity contribution is 7.92. The van der Waals surface area contributed by atoms with Crippen LogP contribution in [0.25, 0.3) is 0 Å². The van der Waals surface area contributed by atoms with E-state index in [0.29, 0.717) is 17.6 Å². The molecule has 1 fully saturated rings. The van der Waals surface area contributed by atoms with Gasteiger partial charge in [0.05, 0.1) is 4.75 Å². The maximum absolute atomic E-state index is 11.6. The van der Waals surface area contributed by atoms with E-state index in [0.717, 1.165) is 12.8 Å². The Balaban J connectivity index is 2.14. The van der Waals surface area contributed by atoms with Crippen LogP contribution in [0.2, 0.25) is 0 Å². The Hall–Kier alpha value is -1.37. The van der Waals surface area contributed by atoms with Gasteiger partial charge in [-0.1, -0.05) is 0 Å². The summed E-state index contributed by atoms with van der Waals surface area (Å²) in [5.74, 6) is 1.46. The number of aromatic amines is 1. The number of H-pyrrole nitrogens is 1. The second-order valence-corrected chi connectivity index (χ2v) is 8.33. The van der Waals surface area contributed by atoms with Crippen molar-refractivity contribution in [3.63, 3.8) is 0 Å². The van der Waals surface area contributed by atoms with E-state index < -0.39 is 14.6 Å². The van der Waals surface area contributed by atoms with E-state index in [1.807, 2.05) is 0 Å². The van der Waals surface area contributed by atoms with E-state index in [4.69, 9.17) is 0 Å². The molecule has 2 N–H and O–H groups in total. The van der Waals surface area contributed by atoms with Gasteiger partial charge in [-0.15, -0.1) is 0 Å². The normalized spacial score (nSPS) is 16.4. The first kappa shape index (κ1) is 14.0. The molecule has 19 heavy (non-hydrogen) atoms. The third-order valence-corrected chi connectivity index (χ3v) is 5.57. The smallest absolute Gasteiger partial charge is 0.252 e. The van der Waals surface area contributed by atoms with Crippen LogP contribution >= 0.6 is 0 Å². The fraction of sp³-hybridized carbons (Fsp3) is 0.667. The van der Waals surface area contributed by atoms with Crippen LogP contribution in [0.3, 0.4) is 0 Å². The molecule has 0 amide bonds. The number of hydrogen-bond acceptors (Lipinski definition) is 5. The van der Waals surface area contributed by atoms with Crippen LogP contribution in [0.15, 0.2) is 10.9 Å². The number of aromatic nitrogens is 2. The van der Waals surface area contributed by atoms with Crippen LogP contribution in [-0.4, -0.2) is 35.9 Å². The van der Waals surface area contributed by atoms with Gasteiger partial charge in [-0.3, -0.25) is 4.79 Å². The molecule has 6 nitrogen and oxygen atoms in total. The summed E-state index contributed by atoms with van der Waals surface area (Å²) in [6.45, 7) is 3.50. The van der Waals surface area contributed by atoms with Crippen LogP contribution in [0, 0.1) is 0 Å². The molecule has 7 heteroatoms. The summed E-state index contributed by atoms with van der Waals surface area (Å²) in [5.41, 5.74) is -0.212. The molecule has 0 spiro atoms. The Bertz CT molecular complexity index is 630. The van der Waals surface area contributed by atoms with Gasteiger partial charge in [0.15, 0.2) is 9.84 Å². The molecular weight excluding hydrogens is 266 g/mol. The van der Waals surface area contributed by atoms with Crippen molar-refractivity contribution in [1.29, 1.82) is 0 Å². The van der Waals surface area contributed by atoms with E-state index in [9.17, 15) is 13.2 Å². The molecule has 1 aromatic heterocycles. The maximum Gasteiger partial charge on any atom is 0.252 e. The molecule has 1 heterocycles. The molecule has 2 rings (SSSR count). The summed E-state index contributed by atoms with van der Waals surface area (Å²) in [4.78, 5) is 18.5. The van der Waals surface area contributed by atoms with Gasteiger partial charge in [0, 0.05) is 24.8 Å². The molecule has 0 saturated heterocycles. The van der Waals surface area contributed by atoms with Gasteiger partial charge < -0.3 is 10.3 Å². The molecule has 0 aliphatic heterocycles. The van der Waals surface area contributed by atoms with Crippen molar-refractivity contribution in [2.75, 3.05) is 18.1 Å². The minimum Gasteiger partial charge on any atom is -0.368 e. The Morgan fingerprint density at radius 2 is 2.11 bits per heavy atom. The van der Waals surface area contributed by atoms with Gasteiger partial charge in [0.1, 0.15) is 11.6 Å². The van der Waals surface area contributed by atoms with Crippen LogP contribution in [0.5, 0.6) is 0 Å². The molecule has 0 bridgehead atoms. The van der Waals surface area contributed by atoms with E-state index >= 15 is 0 Å². The summed E-state index contributed by atoms with van der Waals surface area (Å²) in [6, 6.07) is 1.35. The van der Waals surface area contributed by atoms with Gasteiger partial charge in [-0.05, 0) is 26.7 Å². The van der Waals surface area contributed by atoms with E-state index in [2.05, 4.69) is 15.3 Å². The van der Waals surface area contributed by atoms with Gasteiger partial charge in [0.25, 0.3) is 5.56 Å². The SMILES string of the molecule is CC(C)(CNc1cc(=O)[nH]c(C2CC2)n1)S(C)(=O)=O. The van der Waals surface area contributed by atoms with Crippen molar-refractivity contribution < 1.29 is 8.42 Å².